The van der Waals surface area contributed by atoms with Crippen LogP contribution in [0.15, 0.2) is 21.8 Å². The van der Waals surface area contributed by atoms with Gasteiger partial charge in [-0.2, -0.15) is 4.31 Å². The average Bonchev–Trinajstić information content (AvgIpc) is 3.26. The van der Waals surface area contributed by atoms with Crippen molar-refractivity contribution in [3.05, 3.63) is 18.0 Å². The molecule has 2 N–H and O–H groups in total. The first-order valence-corrected chi connectivity index (χ1v) is 10.6. The minimum atomic E-state index is -3.41. The smallest absolute Gasteiger partial charge is 0.220 e. The van der Waals surface area contributed by atoms with Gasteiger partial charge in [-0.15, -0.1) is 0 Å². The highest BCUT2D eigenvalue weighted by Gasteiger charge is 2.42. The van der Waals surface area contributed by atoms with E-state index in [0.29, 0.717) is 38.4 Å². The second-order valence-electron chi connectivity index (χ2n) is 6.96. The van der Waals surface area contributed by atoms with Crippen molar-refractivity contribution in [2.75, 3.05) is 45.9 Å². The molecule has 146 valence electrons. The predicted molar refractivity (Wildman–Crippen MR) is 97.0 cm³/mol. The monoisotopic (exact) mass is 385 g/mol. The van der Waals surface area contributed by atoms with Crippen LogP contribution < -0.4 is 5.32 Å². The molecule has 26 heavy (non-hydrogen) atoms. The van der Waals surface area contributed by atoms with Gasteiger partial charge in [0.25, 0.3) is 0 Å². The Hall–Kier alpha value is -1.65. The SMILES string of the molecule is CCNC(=NCC1(CO)CC1)N1CCN(S(=O)(=O)Cc2ccon2)CC1. The van der Waals surface area contributed by atoms with E-state index < -0.39 is 10.0 Å². The van der Waals surface area contributed by atoms with Gasteiger partial charge in [0, 0.05) is 44.2 Å². The summed E-state index contributed by atoms with van der Waals surface area (Å²) >= 11 is 0. The Balaban J connectivity index is 1.58. The van der Waals surface area contributed by atoms with E-state index in [2.05, 4.69) is 20.4 Å². The lowest BCUT2D eigenvalue weighted by molar-refractivity contribution is 0.215. The molecule has 2 aliphatic rings. The molecule has 1 saturated heterocycles. The number of aliphatic imine (C=N–C) groups is 1. The van der Waals surface area contributed by atoms with E-state index in [1.165, 1.54) is 10.6 Å². The number of aromatic nitrogens is 1. The van der Waals surface area contributed by atoms with Crippen LogP contribution in [0.25, 0.3) is 0 Å². The molecule has 0 amide bonds. The maximum Gasteiger partial charge on any atom is 0.220 e. The molecule has 0 aromatic carbocycles. The molecule has 0 atom stereocenters. The van der Waals surface area contributed by atoms with Crippen LogP contribution >= 0.6 is 0 Å². The molecule has 0 bridgehead atoms. The zero-order valence-corrected chi connectivity index (χ0v) is 15.9. The van der Waals surface area contributed by atoms with Crippen molar-refractivity contribution >= 4 is 16.0 Å². The van der Waals surface area contributed by atoms with E-state index in [1.54, 1.807) is 6.07 Å². The van der Waals surface area contributed by atoms with Gasteiger partial charge in [-0.05, 0) is 19.8 Å². The van der Waals surface area contributed by atoms with E-state index in [-0.39, 0.29) is 17.8 Å². The lowest BCUT2D eigenvalue weighted by Crippen LogP contribution is -2.54. The molecule has 1 aromatic heterocycles. The average molecular weight is 385 g/mol. The number of hydrogen-bond donors (Lipinski definition) is 2. The Kier molecular flexibility index (Phi) is 5.83. The van der Waals surface area contributed by atoms with E-state index >= 15 is 0 Å². The summed E-state index contributed by atoms with van der Waals surface area (Å²) < 4.78 is 31.2. The molecule has 0 unspecified atom stereocenters. The van der Waals surface area contributed by atoms with E-state index in [9.17, 15) is 13.5 Å². The second kappa shape index (κ2) is 7.93. The highest BCUT2D eigenvalue weighted by atomic mass is 32.2. The van der Waals surface area contributed by atoms with Gasteiger partial charge in [-0.1, -0.05) is 5.16 Å². The third kappa shape index (κ3) is 4.54. The number of rotatable bonds is 7. The topological polar surface area (TPSA) is 111 Å². The van der Waals surface area contributed by atoms with Gasteiger partial charge in [0.2, 0.25) is 10.0 Å². The molecule has 2 fully saturated rings. The van der Waals surface area contributed by atoms with Gasteiger partial charge < -0.3 is 19.8 Å². The summed E-state index contributed by atoms with van der Waals surface area (Å²) in [4.78, 5) is 6.75. The van der Waals surface area contributed by atoms with Gasteiger partial charge in [0.05, 0.1) is 18.8 Å². The Bertz CT molecular complexity index is 707. The molecule has 10 heteroatoms. The van der Waals surface area contributed by atoms with Crippen LogP contribution in [0.3, 0.4) is 0 Å². The van der Waals surface area contributed by atoms with Crippen molar-refractivity contribution < 1.29 is 18.0 Å². The van der Waals surface area contributed by atoms with Gasteiger partial charge in [-0.25, -0.2) is 8.42 Å². The number of sulfonamides is 1. The van der Waals surface area contributed by atoms with Crippen molar-refractivity contribution in [1.82, 2.24) is 19.7 Å². The summed E-state index contributed by atoms with van der Waals surface area (Å²) in [7, 11) is -3.41. The van der Waals surface area contributed by atoms with Crippen molar-refractivity contribution in [2.45, 2.75) is 25.5 Å². The molecule has 9 nitrogen and oxygen atoms in total. The summed E-state index contributed by atoms with van der Waals surface area (Å²) in [6, 6.07) is 1.57. The lowest BCUT2D eigenvalue weighted by Gasteiger charge is -2.36. The van der Waals surface area contributed by atoms with Crippen LogP contribution in [0, 0.1) is 5.41 Å². The lowest BCUT2D eigenvalue weighted by atomic mass is 10.1. The summed E-state index contributed by atoms with van der Waals surface area (Å²) in [6.45, 7) is 5.51. The predicted octanol–water partition coefficient (Wildman–Crippen LogP) is -0.140. The van der Waals surface area contributed by atoms with Gasteiger partial charge in [-0.3, -0.25) is 4.99 Å². The molecular formula is C16H27N5O4S. The minimum Gasteiger partial charge on any atom is -0.396 e. The highest BCUT2D eigenvalue weighted by molar-refractivity contribution is 7.88. The summed E-state index contributed by atoms with van der Waals surface area (Å²) in [6.07, 6.45) is 3.40. The van der Waals surface area contributed by atoms with Crippen molar-refractivity contribution in [2.24, 2.45) is 10.4 Å². The Morgan fingerprint density at radius 1 is 1.38 bits per heavy atom. The fourth-order valence-corrected chi connectivity index (χ4v) is 4.40. The standard InChI is InChI=1S/C16H27N5O4S/c1-2-17-15(18-12-16(13-22)4-5-16)20-6-8-21(9-7-20)26(23,24)11-14-3-10-25-19-14/h3,10,22H,2,4-9,11-13H2,1H3,(H,17,18). The van der Waals surface area contributed by atoms with Crippen LogP contribution in [0.5, 0.6) is 0 Å². The number of piperazine rings is 1. The second-order valence-corrected chi connectivity index (χ2v) is 8.93. The Labute approximate surface area is 154 Å². The van der Waals surface area contributed by atoms with E-state index in [1.807, 2.05) is 6.92 Å². The zero-order valence-electron chi connectivity index (χ0n) is 15.1. The maximum absolute atomic E-state index is 12.5. The first-order valence-electron chi connectivity index (χ1n) is 8.99. The number of hydrogen-bond acceptors (Lipinski definition) is 6. The fraction of sp³-hybridized carbons (Fsp3) is 0.750. The number of aliphatic hydroxyl groups is 1. The molecule has 1 aromatic rings. The molecule has 0 radical (unpaired) electrons. The molecular weight excluding hydrogens is 358 g/mol. The summed E-state index contributed by atoms with van der Waals surface area (Å²) in [5.74, 6) is 0.650. The molecule has 3 rings (SSSR count). The van der Waals surface area contributed by atoms with E-state index in [4.69, 9.17) is 4.52 Å². The largest absolute Gasteiger partial charge is 0.396 e. The highest BCUT2D eigenvalue weighted by Crippen LogP contribution is 2.45. The quantitative estimate of drug-likeness (QED) is 0.496. The molecule has 0 spiro atoms. The molecule has 1 aliphatic carbocycles. The first-order chi connectivity index (χ1) is 12.5. The number of guanidine groups is 1. The fourth-order valence-electron chi connectivity index (χ4n) is 2.98. The van der Waals surface area contributed by atoms with Gasteiger partial charge >= 0.3 is 0 Å². The zero-order chi connectivity index (χ0) is 18.6. The van der Waals surface area contributed by atoms with Gasteiger partial charge in [0.1, 0.15) is 12.0 Å². The third-order valence-electron chi connectivity index (χ3n) is 4.94. The minimum absolute atomic E-state index is 0.0383. The first kappa shape index (κ1) is 19.1. The summed E-state index contributed by atoms with van der Waals surface area (Å²) in [5, 5.41) is 16.4. The normalized spacial score (nSPS) is 21.0. The summed E-state index contributed by atoms with van der Waals surface area (Å²) in [5.41, 5.74) is 0.379. The van der Waals surface area contributed by atoms with Crippen LogP contribution in [-0.4, -0.2) is 79.7 Å². The van der Waals surface area contributed by atoms with Crippen LogP contribution in [0.4, 0.5) is 0 Å². The molecule has 2 heterocycles. The van der Waals surface area contributed by atoms with Crippen LogP contribution in [-0.2, 0) is 15.8 Å². The van der Waals surface area contributed by atoms with E-state index in [0.717, 1.165) is 25.3 Å². The molecule has 1 aliphatic heterocycles. The van der Waals surface area contributed by atoms with Crippen molar-refractivity contribution in [3.8, 4) is 0 Å². The van der Waals surface area contributed by atoms with Crippen LogP contribution in [0.2, 0.25) is 0 Å². The maximum atomic E-state index is 12.5. The Morgan fingerprint density at radius 2 is 2.12 bits per heavy atom. The number of nitrogens with one attached hydrogen (secondary N) is 1. The molecule has 1 saturated carbocycles. The number of aliphatic hydroxyl groups excluding tert-OH is 1. The third-order valence-corrected chi connectivity index (χ3v) is 6.76. The Morgan fingerprint density at radius 3 is 2.65 bits per heavy atom. The van der Waals surface area contributed by atoms with Crippen LogP contribution in [0.1, 0.15) is 25.5 Å². The van der Waals surface area contributed by atoms with Gasteiger partial charge in [0.15, 0.2) is 5.96 Å². The van der Waals surface area contributed by atoms with Crippen molar-refractivity contribution in [3.63, 3.8) is 0 Å². The number of nitrogens with zero attached hydrogens (tertiary/aromatic N) is 4. The van der Waals surface area contributed by atoms with Crippen molar-refractivity contribution in [1.29, 1.82) is 0 Å².